The number of pyridine rings is 1. The van der Waals surface area contributed by atoms with Gasteiger partial charge in [0.2, 0.25) is 0 Å². The van der Waals surface area contributed by atoms with Crippen LogP contribution >= 0.6 is 0 Å². The Morgan fingerprint density at radius 3 is 2.37 bits per heavy atom. The summed E-state index contributed by atoms with van der Waals surface area (Å²) in [5.41, 5.74) is 2.89. The average Bonchev–Trinajstić information content (AvgIpc) is 3.00. The Kier molecular flexibility index (Phi) is 6.55. The van der Waals surface area contributed by atoms with Crippen molar-refractivity contribution >= 4 is 17.4 Å². The van der Waals surface area contributed by atoms with Gasteiger partial charge in [0.1, 0.15) is 0 Å². The maximum absolute atomic E-state index is 12.9. The summed E-state index contributed by atoms with van der Waals surface area (Å²) < 4.78 is 0. The van der Waals surface area contributed by atoms with Crippen molar-refractivity contribution < 1.29 is 14.7 Å². The van der Waals surface area contributed by atoms with Crippen LogP contribution in [-0.4, -0.2) is 39.8 Å². The van der Waals surface area contributed by atoms with Crippen molar-refractivity contribution in [1.29, 1.82) is 0 Å². The maximum Gasteiger partial charge on any atom is 0.290 e. The van der Waals surface area contributed by atoms with E-state index in [4.69, 9.17) is 0 Å². The lowest BCUT2D eigenvalue weighted by atomic mass is 9.91. The van der Waals surface area contributed by atoms with Crippen LogP contribution in [0.5, 0.6) is 0 Å². The number of aromatic nitrogens is 1. The second-order valence-corrected chi connectivity index (χ2v) is 7.74. The summed E-state index contributed by atoms with van der Waals surface area (Å²) in [6, 6.07) is 10.9. The fraction of sp³-hybridized carbons (Fsp3) is 0.375. The number of aliphatic hydroxyl groups is 1. The van der Waals surface area contributed by atoms with Crippen LogP contribution in [0.2, 0.25) is 0 Å². The van der Waals surface area contributed by atoms with Gasteiger partial charge in [0.05, 0.1) is 11.6 Å². The van der Waals surface area contributed by atoms with Gasteiger partial charge in [-0.15, -0.1) is 0 Å². The number of amides is 1. The summed E-state index contributed by atoms with van der Waals surface area (Å²) >= 11 is 0. The van der Waals surface area contributed by atoms with Crippen LogP contribution in [-0.2, 0) is 16.1 Å². The number of benzene rings is 1. The number of hydrogen-bond acceptors (Lipinski definition) is 5. The van der Waals surface area contributed by atoms with E-state index in [1.54, 1.807) is 37.2 Å². The van der Waals surface area contributed by atoms with E-state index in [9.17, 15) is 14.7 Å². The van der Waals surface area contributed by atoms with E-state index in [-0.39, 0.29) is 23.8 Å². The van der Waals surface area contributed by atoms with Crippen molar-refractivity contribution in [1.82, 2.24) is 9.88 Å². The first kappa shape index (κ1) is 21.6. The first-order chi connectivity index (χ1) is 14.4. The molecule has 1 atom stereocenters. The minimum Gasteiger partial charge on any atom is -0.503 e. The number of ketones is 1. The van der Waals surface area contributed by atoms with Gasteiger partial charge in [-0.1, -0.05) is 32.0 Å². The van der Waals surface area contributed by atoms with Gasteiger partial charge in [0.15, 0.2) is 11.5 Å². The molecule has 0 fully saturated rings. The highest BCUT2D eigenvalue weighted by Crippen LogP contribution is 2.40. The molecule has 2 aromatic rings. The number of rotatable bonds is 8. The highest BCUT2D eigenvalue weighted by atomic mass is 16.3. The molecule has 0 radical (unpaired) electrons. The highest BCUT2D eigenvalue weighted by Gasteiger charge is 2.43. The molecule has 1 aliphatic heterocycles. The number of nitrogens with zero attached hydrogens (tertiary/aromatic N) is 3. The maximum atomic E-state index is 12.9. The molecule has 1 aromatic carbocycles. The van der Waals surface area contributed by atoms with E-state index in [1.165, 1.54) is 0 Å². The molecule has 0 bridgehead atoms. The van der Waals surface area contributed by atoms with Crippen molar-refractivity contribution in [3.63, 3.8) is 0 Å². The molecule has 2 heterocycles. The molecule has 0 saturated carbocycles. The quantitative estimate of drug-likeness (QED) is 0.715. The van der Waals surface area contributed by atoms with Gasteiger partial charge in [-0.25, -0.2) is 0 Å². The zero-order valence-electron chi connectivity index (χ0n) is 18.0. The van der Waals surface area contributed by atoms with Crippen LogP contribution in [0.4, 0.5) is 5.69 Å². The van der Waals surface area contributed by atoms with E-state index in [2.05, 4.69) is 23.7 Å². The van der Waals surface area contributed by atoms with Crippen molar-refractivity contribution in [2.24, 2.45) is 5.92 Å². The number of carbonyl (C=O) groups excluding carboxylic acids is 2. The van der Waals surface area contributed by atoms with Gasteiger partial charge in [0.25, 0.3) is 5.91 Å². The molecule has 6 heteroatoms. The van der Waals surface area contributed by atoms with E-state index in [0.29, 0.717) is 0 Å². The zero-order chi connectivity index (χ0) is 21.8. The molecule has 6 nitrogen and oxygen atoms in total. The third-order valence-corrected chi connectivity index (χ3v) is 5.51. The molecule has 1 aromatic heterocycles. The molecular formula is C24H29N3O3. The smallest absolute Gasteiger partial charge is 0.290 e. The first-order valence-electron chi connectivity index (χ1n) is 10.4. The number of carbonyl (C=O) groups is 2. The van der Waals surface area contributed by atoms with Crippen molar-refractivity contribution in [3.05, 3.63) is 71.3 Å². The van der Waals surface area contributed by atoms with Crippen LogP contribution in [0.15, 0.2) is 60.1 Å². The van der Waals surface area contributed by atoms with Crippen LogP contribution in [0.1, 0.15) is 44.9 Å². The Morgan fingerprint density at radius 1 is 1.17 bits per heavy atom. The summed E-state index contributed by atoms with van der Waals surface area (Å²) in [7, 11) is 0. The Bertz CT molecular complexity index is 932. The summed E-state index contributed by atoms with van der Waals surface area (Å²) in [6.45, 7) is 9.79. The minimum absolute atomic E-state index is 0.175. The number of Topliss-reactive ketones (excluding diaryl/α,β-unsaturated/α-hetero) is 1. The van der Waals surface area contributed by atoms with Gasteiger partial charge < -0.3 is 14.9 Å². The molecule has 158 valence electrons. The normalized spacial score (nSPS) is 16.5. The summed E-state index contributed by atoms with van der Waals surface area (Å²) in [5.74, 6) is -1.52. The van der Waals surface area contributed by atoms with E-state index in [1.807, 2.05) is 30.3 Å². The van der Waals surface area contributed by atoms with Crippen LogP contribution in [0, 0.1) is 5.92 Å². The monoisotopic (exact) mass is 407 g/mol. The summed E-state index contributed by atoms with van der Waals surface area (Å²) in [5, 5.41) is 10.6. The molecule has 30 heavy (non-hydrogen) atoms. The molecule has 0 spiro atoms. The summed E-state index contributed by atoms with van der Waals surface area (Å²) in [6.07, 6.45) is 3.36. The number of aliphatic hydroxyl groups excluding tert-OH is 1. The third kappa shape index (κ3) is 4.08. The fourth-order valence-corrected chi connectivity index (χ4v) is 3.87. The van der Waals surface area contributed by atoms with Gasteiger partial charge in [-0.3, -0.25) is 14.6 Å². The predicted octanol–water partition coefficient (Wildman–Crippen LogP) is 4.05. The second-order valence-electron chi connectivity index (χ2n) is 7.74. The first-order valence-corrected chi connectivity index (χ1v) is 10.4. The van der Waals surface area contributed by atoms with E-state index in [0.717, 1.165) is 29.9 Å². The molecule has 1 unspecified atom stereocenters. The Labute approximate surface area is 177 Å². The Hall–Kier alpha value is -3.15. The minimum atomic E-state index is -0.627. The standard InChI is InChI=1S/C24H29N3O3/c1-5-26(6-2)19-11-9-18(10-12-19)21-20(22(28)16(3)4)23(29)24(30)27(21)15-17-8-7-13-25-14-17/h7-14,16,21,29H,5-6,15H2,1-4H3. The highest BCUT2D eigenvalue weighted by molar-refractivity contribution is 6.09. The van der Waals surface area contributed by atoms with Gasteiger partial charge in [-0.2, -0.15) is 0 Å². The Balaban J connectivity index is 2.03. The van der Waals surface area contributed by atoms with Gasteiger partial charge >= 0.3 is 0 Å². The van der Waals surface area contributed by atoms with E-state index < -0.39 is 17.7 Å². The van der Waals surface area contributed by atoms with Gasteiger partial charge in [-0.05, 0) is 43.2 Å². The predicted molar refractivity (Wildman–Crippen MR) is 117 cm³/mol. The molecule has 0 saturated heterocycles. The van der Waals surface area contributed by atoms with Crippen LogP contribution in [0.3, 0.4) is 0 Å². The van der Waals surface area contributed by atoms with Crippen molar-refractivity contribution in [2.75, 3.05) is 18.0 Å². The molecule has 1 N–H and O–H groups in total. The average molecular weight is 408 g/mol. The molecule has 3 rings (SSSR count). The SMILES string of the molecule is CCN(CC)c1ccc(C2C(C(=O)C(C)C)=C(O)C(=O)N2Cc2cccnc2)cc1. The molecule has 1 aliphatic rings. The fourth-order valence-electron chi connectivity index (χ4n) is 3.87. The zero-order valence-corrected chi connectivity index (χ0v) is 18.0. The topological polar surface area (TPSA) is 73.7 Å². The molecular weight excluding hydrogens is 378 g/mol. The Morgan fingerprint density at radius 2 is 1.83 bits per heavy atom. The van der Waals surface area contributed by atoms with E-state index >= 15 is 0 Å². The lowest BCUT2D eigenvalue weighted by Gasteiger charge is -2.28. The molecule has 0 aliphatic carbocycles. The van der Waals surface area contributed by atoms with Crippen LogP contribution in [0.25, 0.3) is 0 Å². The number of hydrogen-bond donors (Lipinski definition) is 1. The second kappa shape index (κ2) is 9.11. The molecule has 1 amide bonds. The third-order valence-electron chi connectivity index (χ3n) is 5.51. The van der Waals surface area contributed by atoms with Crippen LogP contribution < -0.4 is 4.90 Å². The lowest BCUT2D eigenvalue weighted by Crippen LogP contribution is -2.31. The van der Waals surface area contributed by atoms with Crippen molar-refractivity contribution in [3.8, 4) is 0 Å². The largest absolute Gasteiger partial charge is 0.503 e. The summed E-state index contributed by atoms with van der Waals surface area (Å²) in [4.78, 5) is 33.8. The van der Waals surface area contributed by atoms with Crippen molar-refractivity contribution in [2.45, 2.75) is 40.3 Å². The number of anilines is 1. The lowest BCUT2D eigenvalue weighted by molar-refractivity contribution is -0.130. The van der Waals surface area contributed by atoms with Gasteiger partial charge in [0, 0.05) is 43.6 Å².